The van der Waals surface area contributed by atoms with Crippen LogP contribution in [0.15, 0.2) is 6.07 Å². The molecule has 4 atom stereocenters. The number of ether oxygens (including phenoxy) is 1. The van der Waals surface area contributed by atoms with Gasteiger partial charge in [0.15, 0.2) is 0 Å². The Morgan fingerprint density at radius 2 is 1.45 bits per heavy atom. The maximum atomic E-state index is 12.3. The van der Waals surface area contributed by atoms with Gasteiger partial charge >= 0.3 is 11.9 Å². The molecule has 164 valence electrons. The van der Waals surface area contributed by atoms with Crippen molar-refractivity contribution in [3.63, 3.8) is 0 Å². The number of halogens is 1. The molecule has 0 amide bonds. The van der Waals surface area contributed by atoms with E-state index in [1.807, 2.05) is 0 Å². The molecule has 1 heterocycles. The summed E-state index contributed by atoms with van der Waals surface area (Å²) < 4.78 is 5.42. The fourth-order valence-corrected chi connectivity index (χ4v) is 3.74. The second kappa shape index (κ2) is 8.85. The molecule has 0 bridgehead atoms. The van der Waals surface area contributed by atoms with E-state index in [0.717, 1.165) is 0 Å². The lowest BCUT2D eigenvalue weighted by atomic mass is 9.74. The molecule has 1 aromatic heterocycles. The quantitative estimate of drug-likeness (QED) is 0.616. The van der Waals surface area contributed by atoms with E-state index in [0.29, 0.717) is 0 Å². The number of aromatic nitrogens is 1. The first-order valence-corrected chi connectivity index (χ1v) is 9.60. The Balaban J connectivity index is 3.87. The molecule has 0 radical (unpaired) electrons. The molecular formula is C20H32ClN3O5. The van der Waals surface area contributed by atoms with E-state index in [-0.39, 0.29) is 22.2 Å². The largest absolute Gasteiger partial charge is 0.481 e. The van der Waals surface area contributed by atoms with Crippen molar-refractivity contribution in [3.05, 3.63) is 22.3 Å². The van der Waals surface area contributed by atoms with Gasteiger partial charge in [-0.3, -0.25) is 9.59 Å². The van der Waals surface area contributed by atoms with Gasteiger partial charge in [-0.05, 0) is 62.0 Å². The first-order chi connectivity index (χ1) is 13.2. The van der Waals surface area contributed by atoms with Crippen molar-refractivity contribution in [2.24, 2.45) is 0 Å². The predicted octanol–water partition coefficient (Wildman–Crippen LogP) is 2.33. The minimum absolute atomic E-state index is 0.0430. The standard InChI is InChI=1S/C20H32ClN3O5/c1-11(23(5)6)19(3,17(25)26)13-10-14(21)15(22-16(13)29-9)20(4,18(27)28)12(2)24(7)8/h10-12H,1-9H3,(H,25,26)(H,27,28). The lowest BCUT2D eigenvalue weighted by Gasteiger charge is -2.38. The average molecular weight is 430 g/mol. The fraction of sp³-hybridized carbons (Fsp3) is 0.650. The highest BCUT2D eigenvalue weighted by atomic mass is 35.5. The van der Waals surface area contributed by atoms with E-state index >= 15 is 0 Å². The summed E-state index contributed by atoms with van der Waals surface area (Å²) in [6.07, 6.45) is 0. The van der Waals surface area contributed by atoms with Crippen LogP contribution in [0.1, 0.15) is 39.0 Å². The van der Waals surface area contributed by atoms with Gasteiger partial charge in [0.25, 0.3) is 0 Å². The maximum Gasteiger partial charge on any atom is 0.317 e. The van der Waals surface area contributed by atoms with E-state index in [1.54, 1.807) is 65.7 Å². The molecule has 2 N–H and O–H groups in total. The number of carbonyl (C=O) groups is 2. The number of aliphatic carboxylic acids is 2. The van der Waals surface area contributed by atoms with Crippen LogP contribution in [0.3, 0.4) is 0 Å². The number of carboxylic acids is 2. The van der Waals surface area contributed by atoms with E-state index in [2.05, 4.69) is 4.98 Å². The van der Waals surface area contributed by atoms with Crippen LogP contribution in [0.4, 0.5) is 0 Å². The molecule has 0 aliphatic carbocycles. The summed E-state index contributed by atoms with van der Waals surface area (Å²) in [5.41, 5.74) is -2.43. The van der Waals surface area contributed by atoms with Crippen LogP contribution in [0.5, 0.6) is 5.88 Å². The van der Waals surface area contributed by atoms with E-state index in [1.165, 1.54) is 13.2 Å². The van der Waals surface area contributed by atoms with Crippen molar-refractivity contribution in [1.82, 2.24) is 14.8 Å². The third-order valence-electron chi connectivity index (χ3n) is 6.29. The Labute approximate surface area is 177 Å². The molecule has 0 saturated carbocycles. The topological polar surface area (TPSA) is 103 Å². The van der Waals surface area contributed by atoms with Crippen LogP contribution in [-0.2, 0) is 20.4 Å². The zero-order valence-corrected chi connectivity index (χ0v) is 19.3. The number of pyridine rings is 1. The van der Waals surface area contributed by atoms with Crippen molar-refractivity contribution in [2.45, 2.75) is 50.6 Å². The number of nitrogens with zero attached hydrogens (tertiary/aromatic N) is 3. The highest BCUT2D eigenvalue weighted by Crippen LogP contribution is 2.42. The highest BCUT2D eigenvalue weighted by molar-refractivity contribution is 6.31. The third kappa shape index (κ3) is 4.20. The zero-order valence-electron chi connectivity index (χ0n) is 18.6. The molecule has 4 unspecified atom stereocenters. The van der Waals surface area contributed by atoms with Gasteiger partial charge in [-0.15, -0.1) is 0 Å². The molecule has 0 aliphatic heterocycles. The van der Waals surface area contributed by atoms with Gasteiger partial charge in [0.2, 0.25) is 5.88 Å². The number of hydrogen-bond acceptors (Lipinski definition) is 6. The van der Waals surface area contributed by atoms with Crippen LogP contribution >= 0.6 is 11.6 Å². The monoisotopic (exact) mass is 429 g/mol. The number of rotatable bonds is 9. The molecule has 0 spiro atoms. The molecule has 0 saturated heterocycles. The summed E-state index contributed by atoms with van der Waals surface area (Å²) in [6, 6.07) is 0.594. The first kappa shape index (κ1) is 25.1. The van der Waals surface area contributed by atoms with Gasteiger partial charge in [0, 0.05) is 17.6 Å². The summed E-state index contributed by atoms with van der Waals surface area (Å²) in [7, 11) is 8.47. The predicted molar refractivity (Wildman–Crippen MR) is 112 cm³/mol. The van der Waals surface area contributed by atoms with Crippen LogP contribution in [0.2, 0.25) is 5.02 Å². The Hall–Kier alpha value is -1.90. The minimum Gasteiger partial charge on any atom is -0.481 e. The van der Waals surface area contributed by atoms with E-state index in [4.69, 9.17) is 16.3 Å². The van der Waals surface area contributed by atoms with Crippen LogP contribution in [0.25, 0.3) is 0 Å². The molecule has 29 heavy (non-hydrogen) atoms. The second-order valence-electron chi connectivity index (χ2n) is 8.17. The summed E-state index contributed by atoms with van der Waals surface area (Å²) >= 11 is 6.52. The van der Waals surface area contributed by atoms with Gasteiger partial charge in [-0.25, -0.2) is 4.98 Å². The van der Waals surface area contributed by atoms with Crippen molar-refractivity contribution in [1.29, 1.82) is 0 Å². The van der Waals surface area contributed by atoms with E-state index in [9.17, 15) is 19.8 Å². The van der Waals surface area contributed by atoms with E-state index < -0.39 is 34.9 Å². The lowest BCUT2D eigenvalue weighted by Crippen LogP contribution is -2.51. The molecule has 9 heteroatoms. The van der Waals surface area contributed by atoms with Gasteiger partial charge in [-0.1, -0.05) is 11.6 Å². The Kier molecular flexibility index (Phi) is 7.67. The summed E-state index contributed by atoms with van der Waals surface area (Å²) in [5, 5.41) is 20.1. The Morgan fingerprint density at radius 3 is 1.79 bits per heavy atom. The minimum atomic E-state index is -1.45. The molecule has 0 aliphatic rings. The SMILES string of the molecule is COc1nc(C(C)(C(=O)O)C(C)N(C)C)c(Cl)cc1C(C)(C(=O)O)C(C)N(C)C. The summed E-state index contributed by atoms with van der Waals surface area (Å²) in [6.45, 7) is 6.67. The second-order valence-corrected chi connectivity index (χ2v) is 8.58. The summed E-state index contributed by atoms with van der Waals surface area (Å²) in [4.78, 5) is 32.5. The molecule has 1 aromatic rings. The number of hydrogen-bond donors (Lipinski definition) is 2. The molecule has 1 rings (SSSR count). The number of likely N-dealkylation sites (N-methyl/N-ethyl adjacent to an activating group) is 2. The zero-order chi connectivity index (χ0) is 22.9. The van der Waals surface area contributed by atoms with Crippen LogP contribution in [-0.4, -0.2) is 84.3 Å². The molecular weight excluding hydrogens is 398 g/mol. The normalized spacial score (nSPS) is 18.1. The van der Waals surface area contributed by atoms with Gasteiger partial charge < -0.3 is 24.7 Å². The lowest BCUT2D eigenvalue weighted by molar-refractivity contribution is -0.146. The van der Waals surface area contributed by atoms with Gasteiger partial charge in [-0.2, -0.15) is 0 Å². The first-order valence-electron chi connectivity index (χ1n) is 9.22. The fourth-order valence-electron chi connectivity index (χ4n) is 3.39. The van der Waals surface area contributed by atoms with Crippen LogP contribution < -0.4 is 4.74 Å². The maximum absolute atomic E-state index is 12.3. The van der Waals surface area contributed by atoms with Crippen molar-refractivity contribution in [3.8, 4) is 5.88 Å². The van der Waals surface area contributed by atoms with Crippen molar-refractivity contribution >= 4 is 23.5 Å². The Bertz CT molecular complexity index is 786. The molecule has 0 fully saturated rings. The summed E-state index contributed by atoms with van der Waals surface area (Å²) in [5.74, 6) is -2.11. The number of carboxylic acid groups (broad SMARTS) is 2. The van der Waals surface area contributed by atoms with Gasteiger partial charge in [0.05, 0.1) is 17.8 Å². The average Bonchev–Trinajstić information content (AvgIpc) is 2.64. The smallest absolute Gasteiger partial charge is 0.317 e. The Morgan fingerprint density at radius 1 is 1.03 bits per heavy atom. The molecule has 0 aromatic carbocycles. The van der Waals surface area contributed by atoms with Gasteiger partial charge in [0.1, 0.15) is 10.8 Å². The third-order valence-corrected chi connectivity index (χ3v) is 6.58. The number of methoxy groups -OCH3 is 1. The molecule has 8 nitrogen and oxygen atoms in total. The highest BCUT2D eigenvalue weighted by Gasteiger charge is 2.48. The van der Waals surface area contributed by atoms with Crippen LogP contribution in [0, 0.1) is 0 Å². The van der Waals surface area contributed by atoms with Crippen molar-refractivity contribution in [2.75, 3.05) is 35.3 Å². The van der Waals surface area contributed by atoms with Crippen molar-refractivity contribution < 1.29 is 24.5 Å².